The summed E-state index contributed by atoms with van der Waals surface area (Å²) in [5.41, 5.74) is 5.14. The highest BCUT2D eigenvalue weighted by Crippen LogP contribution is 2.43. The summed E-state index contributed by atoms with van der Waals surface area (Å²) in [7, 11) is 0. The molecule has 6 heteroatoms. The Morgan fingerprint density at radius 2 is 1.79 bits per heavy atom. The quantitative estimate of drug-likeness (QED) is 0.531. The number of rotatable bonds is 4. The lowest BCUT2D eigenvalue weighted by atomic mass is 9.96. The average Bonchev–Trinajstić information content (AvgIpc) is 3.29. The first-order valence-electron chi connectivity index (χ1n) is 9.31. The molecule has 4 aromatic rings. The number of benzene rings is 2. The van der Waals surface area contributed by atoms with Crippen molar-refractivity contribution in [1.29, 1.82) is 0 Å². The summed E-state index contributed by atoms with van der Waals surface area (Å²) in [5.74, 6) is -0.0727. The van der Waals surface area contributed by atoms with E-state index in [0.29, 0.717) is 17.3 Å². The molecule has 0 spiro atoms. The van der Waals surface area contributed by atoms with Crippen LogP contribution in [0.5, 0.6) is 0 Å². The van der Waals surface area contributed by atoms with Crippen LogP contribution in [0, 0.1) is 0 Å². The Morgan fingerprint density at radius 1 is 1.00 bits per heavy atom. The highest BCUT2D eigenvalue weighted by molar-refractivity contribution is 6.30. The Labute approximate surface area is 173 Å². The maximum atomic E-state index is 13.3. The molecule has 1 unspecified atom stereocenters. The maximum absolute atomic E-state index is 13.3. The second-order valence-corrected chi connectivity index (χ2v) is 7.41. The lowest BCUT2D eigenvalue weighted by Gasteiger charge is -2.26. The fraction of sp³-hybridized carbons (Fsp3) is 0.0870. The molecular formula is C23H17ClN4O. The van der Waals surface area contributed by atoms with Crippen LogP contribution < -0.4 is 0 Å². The minimum absolute atomic E-state index is 0.0727. The summed E-state index contributed by atoms with van der Waals surface area (Å²) in [4.78, 5) is 19.3. The summed E-state index contributed by atoms with van der Waals surface area (Å²) in [6.45, 7) is 0.468. The number of fused-ring (bicyclic) bond motifs is 1. The molecule has 5 rings (SSSR count). The van der Waals surface area contributed by atoms with Crippen molar-refractivity contribution >= 4 is 17.5 Å². The van der Waals surface area contributed by atoms with E-state index in [0.717, 1.165) is 27.9 Å². The van der Waals surface area contributed by atoms with Crippen molar-refractivity contribution in [3.63, 3.8) is 0 Å². The van der Waals surface area contributed by atoms with Gasteiger partial charge in [-0.3, -0.25) is 14.9 Å². The van der Waals surface area contributed by atoms with Crippen LogP contribution in [-0.2, 0) is 6.54 Å². The number of nitrogens with zero attached hydrogens (tertiary/aromatic N) is 3. The predicted molar refractivity (Wildman–Crippen MR) is 111 cm³/mol. The van der Waals surface area contributed by atoms with E-state index in [1.165, 1.54) is 0 Å². The second-order valence-electron chi connectivity index (χ2n) is 6.97. The number of H-pyrrole nitrogens is 1. The first-order chi connectivity index (χ1) is 14.2. The maximum Gasteiger partial charge on any atom is 0.273 e. The first kappa shape index (κ1) is 17.6. The molecule has 3 heterocycles. The number of nitrogens with one attached hydrogen (secondary N) is 1. The molecule has 29 heavy (non-hydrogen) atoms. The van der Waals surface area contributed by atoms with Gasteiger partial charge in [0.1, 0.15) is 5.69 Å². The number of hydrogen-bond acceptors (Lipinski definition) is 3. The van der Waals surface area contributed by atoms with Gasteiger partial charge in [0.2, 0.25) is 0 Å². The minimum Gasteiger partial charge on any atom is -0.322 e. The monoisotopic (exact) mass is 400 g/mol. The van der Waals surface area contributed by atoms with E-state index < -0.39 is 0 Å². The molecule has 0 aliphatic carbocycles. The lowest BCUT2D eigenvalue weighted by Crippen LogP contribution is -2.29. The lowest BCUT2D eigenvalue weighted by molar-refractivity contribution is 0.0730. The van der Waals surface area contributed by atoms with E-state index in [1.54, 1.807) is 12.4 Å². The molecular weight excluding hydrogens is 384 g/mol. The molecule has 1 amide bonds. The largest absolute Gasteiger partial charge is 0.322 e. The number of halogens is 1. The van der Waals surface area contributed by atoms with Crippen molar-refractivity contribution in [2.24, 2.45) is 0 Å². The van der Waals surface area contributed by atoms with Crippen LogP contribution in [-0.4, -0.2) is 26.0 Å². The highest BCUT2D eigenvalue weighted by Gasteiger charge is 2.42. The topological polar surface area (TPSA) is 61.9 Å². The summed E-state index contributed by atoms with van der Waals surface area (Å²) in [6, 6.07) is 21.1. The predicted octanol–water partition coefficient (Wildman–Crippen LogP) is 4.87. The van der Waals surface area contributed by atoms with Gasteiger partial charge in [0.05, 0.1) is 11.7 Å². The van der Waals surface area contributed by atoms with E-state index in [-0.39, 0.29) is 11.9 Å². The molecule has 142 valence electrons. The Hall–Kier alpha value is -3.44. The zero-order valence-corrected chi connectivity index (χ0v) is 16.2. The molecule has 2 aromatic carbocycles. The van der Waals surface area contributed by atoms with Crippen molar-refractivity contribution in [2.45, 2.75) is 12.6 Å². The Morgan fingerprint density at radius 3 is 2.55 bits per heavy atom. The van der Waals surface area contributed by atoms with Crippen LogP contribution in [0.3, 0.4) is 0 Å². The third kappa shape index (κ3) is 3.09. The van der Waals surface area contributed by atoms with Crippen molar-refractivity contribution in [1.82, 2.24) is 20.1 Å². The normalized spacial score (nSPS) is 15.6. The third-order valence-corrected chi connectivity index (χ3v) is 5.41. The number of carbonyl (C=O) groups is 1. The van der Waals surface area contributed by atoms with Gasteiger partial charge in [0.15, 0.2) is 0 Å². The standard InChI is InChI=1S/C23H17ClN4O/c24-18-8-4-7-17(13-18)22-19-20(16-5-2-1-3-6-16)26-27-21(19)23(29)28(22)14-15-9-11-25-12-10-15/h1-13,22H,14H2,(H,26,27). The van der Waals surface area contributed by atoms with E-state index in [1.807, 2.05) is 71.6 Å². The van der Waals surface area contributed by atoms with Gasteiger partial charge in [-0.05, 0) is 35.4 Å². The fourth-order valence-corrected chi connectivity index (χ4v) is 4.08. The van der Waals surface area contributed by atoms with Gasteiger partial charge in [-0.2, -0.15) is 5.10 Å². The Kier molecular flexibility index (Phi) is 4.37. The average molecular weight is 401 g/mol. The molecule has 1 aliphatic heterocycles. The van der Waals surface area contributed by atoms with Gasteiger partial charge in [-0.15, -0.1) is 0 Å². The molecule has 0 bridgehead atoms. The minimum atomic E-state index is -0.279. The van der Waals surface area contributed by atoms with E-state index in [2.05, 4.69) is 15.2 Å². The summed E-state index contributed by atoms with van der Waals surface area (Å²) in [6.07, 6.45) is 3.47. The van der Waals surface area contributed by atoms with Crippen molar-refractivity contribution in [3.8, 4) is 11.3 Å². The van der Waals surface area contributed by atoms with E-state index >= 15 is 0 Å². The fourth-order valence-electron chi connectivity index (χ4n) is 3.88. The summed E-state index contributed by atoms with van der Waals surface area (Å²) in [5, 5.41) is 8.10. The smallest absolute Gasteiger partial charge is 0.273 e. The van der Waals surface area contributed by atoms with Gasteiger partial charge >= 0.3 is 0 Å². The third-order valence-electron chi connectivity index (χ3n) is 5.18. The van der Waals surface area contributed by atoms with Crippen molar-refractivity contribution < 1.29 is 4.79 Å². The molecule has 2 aromatic heterocycles. The first-order valence-corrected chi connectivity index (χ1v) is 9.69. The molecule has 0 saturated carbocycles. The number of pyridine rings is 1. The second kappa shape index (κ2) is 7.18. The van der Waals surface area contributed by atoms with Gasteiger partial charge in [-0.1, -0.05) is 54.1 Å². The highest BCUT2D eigenvalue weighted by atomic mass is 35.5. The molecule has 0 radical (unpaired) electrons. The van der Waals surface area contributed by atoms with Crippen LogP contribution in [0.1, 0.15) is 33.2 Å². The number of aromatic nitrogens is 3. The van der Waals surface area contributed by atoms with Crippen LogP contribution >= 0.6 is 11.6 Å². The zero-order chi connectivity index (χ0) is 19.8. The zero-order valence-electron chi connectivity index (χ0n) is 15.4. The number of aromatic amines is 1. The van der Waals surface area contributed by atoms with Gasteiger partial charge in [0, 0.05) is 35.1 Å². The molecule has 0 fully saturated rings. The molecule has 0 saturated heterocycles. The SMILES string of the molecule is O=C1c2[nH]nc(-c3ccccc3)c2C(c2cccc(Cl)c2)N1Cc1ccncc1. The molecule has 5 nitrogen and oxygen atoms in total. The summed E-state index contributed by atoms with van der Waals surface area (Å²) < 4.78 is 0. The number of hydrogen-bond donors (Lipinski definition) is 1. The van der Waals surface area contributed by atoms with Crippen molar-refractivity contribution in [3.05, 3.63) is 107 Å². The molecule has 1 N–H and O–H groups in total. The van der Waals surface area contributed by atoms with Crippen LogP contribution in [0.2, 0.25) is 5.02 Å². The molecule has 1 aliphatic rings. The molecule has 1 atom stereocenters. The van der Waals surface area contributed by atoms with Crippen LogP contribution in [0.25, 0.3) is 11.3 Å². The Balaban J connectivity index is 1.66. The Bertz CT molecular complexity index is 1170. The summed E-state index contributed by atoms with van der Waals surface area (Å²) >= 11 is 6.29. The number of carbonyl (C=O) groups excluding carboxylic acids is 1. The van der Waals surface area contributed by atoms with Crippen LogP contribution in [0.4, 0.5) is 0 Å². The van der Waals surface area contributed by atoms with Gasteiger partial charge < -0.3 is 4.90 Å². The van der Waals surface area contributed by atoms with E-state index in [9.17, 15) is 4.79 Å². The van der Waals surface area contributed by atoms with Crippen LogP contribution in [0.15, 0.2) is 79.1 Å². The van der Waals surface area contributed by atoms with E-state index in [4.69, 9.17) is 11.6 Å². The number of amides is 1. The van der Waals surface area contributed by atoms with Gasteiger partial charge in [-0.25, -0.2) is 0 Å². The van der Waals surface area contributed by atoms with Crippen molar-refractivity contribution in [2.75, 3.05) is 0 Å². The van der Waals surface area contributed by atoms with Gasteiger partial charge in [0.25, 0.3) is 5.91 Å².